The van der Waals surface area contributed by atoms with Crippen molar-refractivity contribution in [3.8, 4) is 0 Å². The van der Waals surface area contributed by atoms with Gasteiger partial charge in [-0.1, -0.05) is 0 Å². The highest BCUT2D eigenvalue weighted by Gasteiger charge is 2.25. The van der Waals surface area contributed by atoms with Crippen LogP contribution in [0.2, 0.25) is 0 Å². The first kappa shape index (κ1) is 8.53. The summed E-state index contributed by atoms with van der Waals surface area (Å²) in [5.74, 6) is 0.0833. The zero-order chi connectivity index (χ0) is 8.48. The Morgan fingerprint density at radius 2 is 2.18 bits per heavy atom. The Morgan fingerprint density at radius 3 is 2.55 bits per heavy atom. The minimum absolute atomic E-state index is 0.0833. The van der Waals surface area contributed by atoms with Crippen molar-refractivity contribution in [1.82, 2.24) is 5.32 Å². The van der Waals surface area contributed by atoms with Gasteiger partial charge in [0.05, 0.1) is 0 Å². The minimum atomic E-state index is -0.376. The van der Waals surface area contributed by atoms with Crippen molar-refractivity contribution in [2.75, 3.05) is 0 Å². The molecule has 0 aliphatic heterocycles. The number of nitrogens with one attached hydrogen (secondary N) is 1. The molecule has 1 saturated carbocycles. The van der Waals surface area contributed by atoms with Crippen molar-refractivity contribution in [2.24, 2.45) is 5.73 Å². The van der Waals surface area contributed by atoms with Crippen molar-refractivity contribution in [3.63, 3.8) is 0 Å². The summed E-state index contributed by atoms with van der Waals surface area (Å²) in [6.45, 7) is 3.72. The van der Waals surface area contributed by atoms with E-state index in [4.69, 9.17) is 5.73 Å². The second-order valence-corrected chi connectivity index (χ2v) is 4.01. The first-order chi connectivity index (χ1) is 4.97. The van der Waals surface area contributed by atoms with Crippen LogP contribution in [0.15, 0.2) is 0 Å². The van der Waals surface area contributed by atoms with Crippen LogP contribution in [0.5, 0.6) is 0 Å². The summed E-state index contributed by atoms with van der Waals surface area (Å²) in [6.07, 6.45) is 2.69. The lowest BCUT2D eigenvalue weighted by Crippen LogP contribution is -2.39. The number of rotatable bonds is 3. The summed E-state index contributed by atoms with van der Waals surface area (Å²) in [7, 11) is 0. The number of hydrogen-bond donors (Lipinski definition) is 2. The van der Waals surface area contributed by atoms with Crippen LogP contribution in [0, 0.1) is 0 Å². The Balaban J connectivity index is 2.19. The predicted octanol–water partition coefficient (Wildman–Crippen LogP) is 0.392. The van der Waals surface area contributed by atoms with E-state index in [-0.39, 0.29) is 11.4 Å². The number of hydrogen-bond acceptors (Lipinski definition) is 2. The largest absolute Gasteiger partial charge is 0.353 e. The Hall–Kier alpha value is -0.570. The van der Waals surface area contributed by atoms with Gasteiger partial charge in [-0.2, -0.15) is 0 Å². The molecule has 1 rings (SSSR count). The maximum absolute atomic E-state index is 11.1. The van der Waals surface area contributed by atoms with Crippen LogP contribution >= 0.6 is 0 Å². The predicted molar refractivity (Wildman–Crippen MR) is 44.0 cm³/mol. The fourth-order valence-corrected chi connectivity index (χ4v) is 0.920. The molecule has 3 N–H and O–H groups in total. The van der Waals surface area contributed by atoms with Gasteiger partial charge < -0.3 is 11.1 Å². The van der Waals surface area contributed by atoms with Crippen LogP contribution < -0.4 is 11.1 Å². The molecule has 0 radical (unpaired) electrons. The van der Waals surface area contributed by atoms with Crippen molar-refractivity contribution in [2.45, 2.75) is 44.7 Å². The molecule has 0 heterocycles. The third kappa shape index (κ3) is 3.98. The summed E-state index contributed by atoms with van der Waals surface area (Å²) in [5, 5.41) is 2.89. The second kappa shape index (κ2) is 2.81. The molecule has 1 fully saturated rings. The van der Waals surface area contributed by atoms with E-state index < -0.39 is 0 Å². The number of amides is 1. The lowest BCUT2D eigenvalue weighted by molar-refractivity contribution is -0.122. The van der Waals surface area contributed by atoms with Crippen LogP contribution in [-0.2, 0) is 4.79 Å². The van der Waals surface area contributed by atoms with Gasteiger partial charge in [-0.3, -0.25) is 4.79 Å². The van der Waals surface area contributed by atoms with Gasteiger partial charge in [-0.05, 0) is 26.7 Å². The van der Waals surface area contributed by atoms with Crippen molar-refractivity contribution in [1.29, 1.82) is 0 Å². The highest BCUT2D eigenvalue weighted by Crippen LogP contribution is 2.19. The van der Waals surface area contributed by atoms with E-state index in [9.17, 15) is 4.79 Å². The number of carbonyl (C=O) groups is 1. The molecule has 0 atom stereocenters. The van der Waals surface area contributed by atoms with Gasteiger partial charge in [0.25, 0.3) is 0 Å². The zero-order valence-corrected chi connectivity index (χ0v) is 7.18. The van der Waals surface area contributed by atoms with Gasteiger partial charge in [-0.15, -0.1) is 0 Å². The van der Waals surface area contributed by atoms with Gasteiger partial charge in [0.1, 0.15) is 0 Å². The molecule has 0 aromatic carbocycles. The Kier molecular flexibility index (Phi) is 2.18. The van der Waals surface area contributed by atoms with Gasteiger partial charge in [-0.25, -0.2) is 0 Å². The Bertz CT molecular complexity index is 156. The van der Waals surface area contributed by atoms with E-state index in [0.29, 0.717) is 12.5 Å². The monoisotopic (exact) mass is 156 g/mol. The topological polar surface area (TPSA) is 55.1 Å². The fourth-order valence-electron chi connectivity index (χ4n) is 0.920. The summed E-state index contributed by atoms with van der Waals surface area (Å²) in [6, 6.07) is 0.449. The first-order valence-electron chi connectivity index (χ1n) is 4.06. The normalized spacial score (nSPS) is 18.1. The van der Waals surface area contributed by atoms with Crippen LogP contribution in [0.4, 0.5) is 0 Å². The van der Waals surface area contributed by atoms with Gasteiger partial charge in [0.15, 0.2) is 0 Å². The highest BCUT2D eigenvalue weighted by atomic mass is 16.1. The molecule has 0 spiro atoms. The molecule has 0 unspecified atom stereocenters. The van der Waals surface area contributed by atoms with Gasteiger partial charge in [0.2, 0.25) is 5.91 Å². The minimum Gasteiger partial charge on any atom is -0.353 e. The van der Waals surface area contributed by atoms with Crippen molar-refractivity contribution in [3.05, 3.63) is 0 Å². The molecule has 0 aromatic rings. The molecule has 0 saturated heterocycles. The summed E-state index contributed by atoms with van der Waals surface area (Å²) >= 11 is 0. The highest BCUT2D eigenvalue weighted by molar-refractivity contribution is 5.77. The van der Waals surface area contributed by atoms with Crippen LogP contribution in [0.3, 0.4) is 0 Å². The molecular weight excluding hydrogens is 140 g/mol. The lowest BCUT2D eigenvalue weighted by atomic mass is 10.0. The van der Waals surface area contributed by atoms with Crippen LogP contribution in [0.1, 0.15) is 33.1 Å². The quantitative estimate of drug-likeness (QED) is 0.621. The maximum Gasteiger partial charge on any atom is 0.222 e. The molecule has 1 aliphatic rings. The van der Waals surface area contributed by atoms with Crippen LogP contribution in [0.25, 0.3) is 0 Å². The Morgan fingerprint density at radius 1 is 1.64 bits per heavy atom. The summed E-state index contributed by atoms with van der Waals surface area (Å²) in [5.41, 5.74) is 5.30. The number of carbonyl (C=O) groups excluding carboxylic acids is 1. The maximum atomic E-state index is 11.1. The summed E-state index contributed by atoms with van der Waals surface area (Å²) in [4.78, 5) is 11.1. The molecular formula is C8H16N2O. The summed E-state index contributed by atoms with van der Waals surface area (Å²) < 4.78 is 0. The third-order valence-corrected chi connectivity index (χ3v) is 1.56. The molecule has 64 valence electrons. The van der Waals surface area contributed by atoms with Gasteiger partial charge in [0, 0.05) is 18.0 Å². The molecule has 0 bridgehead atoms. The second-order valence-electron chi connectivity index (χ2n) is 4.01. The molecule has 11 heavy (non-hydrogen) atoms. The average molecular weight is 156 g/mol. The van der Waals surface area contributed by atoms with E-state index in [1.54, 1.807) is 0 Å². The van der Waals surface area contributed by atoms with Gasteiger partial charge >= 0.3 is 0 Å². The first-order valence-corrected chi connectivity index (χ1v) is 4.06. The number of nitrogens with two attached hydrogens (primary N) is 1. The molecule has 3 heteroatoms. The molecule has 1 amide bonds. The molecule has 3 nitrogen and oxygen atoms in total. The van der Waals surface area contributed by atoms with E-state index >= 15 is 0 Å². The average Bonchev–Trinajstić information content (AvgIpc) is 2.42. The SMILES string of the molecule is CC(C)(N)CC(=O)NC1CC1. The molecule has 0 aromatic heterocycles. The zero-order valence-electron chi connectivity index (χ0n) is 7.18. The molecule has 1 aliphatic carbocycles. The van der Waals surface area contributed by atoms with Crippen molar-refractivity contribution >= 4 is 5.91 Å². The lowest BCUT2D eigenvalue weighted by Gasteiger charge is -2.17. The Labute approximate surface area is 67.3 Å². The third-order valence-electron chi connectivity index (χ3n) is 1.56. The van der Waals surface area contributed by atoms with E-state index in [1.807, 2.05) is 13.8 Å². The van der Waals surface area contributed by atoms with E-state index in [0.717, 1.165) is 12.8 Å². The standard InChI is InChI=1S/C8H16N2O/c1-8(2,9)5-7(11)10-6-3-4-6/h6H,3-5,9H2,1-2H3,(H,10,11). The van der Waals surface area contributed by atoms with E-state index in [2.05, 4.69) is 5.32 Å². The van der Waals surface area contributed by atoms with E-state index in [1.165, 1.54) is 0 Å². The fraction of sp³-hybridized carbons (Fsp3) is 0.875. The smallest absolute Gasteiger partial charge is 0.222 e. The van der Waals surface area contributed by atoms with Crippen molar-refractivity contribution < 1.29 is 4.79 Å². The van der Waals surface area contributed by atoms with Crippen LogP contribution in [-0.4, -0.2) is 17.5 Å².